The predicted octanol–water partition coefficient (Wildman–Crippen LogP) is 2.40. The van der Waals surface area contributed by atoms with Crippen LogP contribution in [-0.4, -0.2) is 24.7 Å². The zero-order chi connectivity index (χ0) is 11.9. The Morgan fingerprint density at radius 3 is 1.73 bits per heavy atom. The van der Waals surface area contributed by atoms with Crippen LogP contribution in [0.2, 0.25) is 0 Å². The summed E-state index contributed by atoms with van der Waals surface area (Å²) in [5.41, 5.74) is 1.14. The van der Waals surface area contributed by atoms with Crippen LogP contribution in [0.4, 0.5) is 0 Å². The second-order valence-electron chi connectivity index (χ2n) is 7.01. The molecule has 90 valence electrons. The first-order valence-corrected chi connectivity index (χ1v) is 6.07. The lowest BCUT2D eigenvalue weighted by atomic mass is 10.0. The van der Waals surface area contributed by atoms with Gasteiger partial charge in [0.15, 0.2) is 0 Å². The van der Waals surface area contributed by atoms with E-state index in [2.05, 4.69) is 59.1 Å². The Morgan fingerprint density at radius 2 is 1.40 bits per heavy atom. The fourth-order valence-electron chi connectivity index (χ4n) is 2.36. The fraction of sp³-hybridized carbons (Fsp3) is 1.00. The van der Waals surface area contributed by atoms with E-state index in [1.54, 1.807) is 0 Å². The average Bonchev–Trinajstić information content (AvgIpc) is 2.36. The molecule has 1 fully saturated rings. The molecule has 0 amide bonds. The molecule has 0 aromatic rings. The molecule has 1 aliphatic carbocycles. The SMILES string of the molecule is CC(C)(C)NCCNC1C(C)(C)C1(C)C. The minimum atomic E-state index is 0.232. The monoisotopic (exact) mass is 212 g/mol. The van der Waals surface area contributed by atoms with E-state index in [0.717, 1.165) is 13.1 Å². The number of hydrogen-bond acceptors (Lipinski definition) is 2. The topological polar surface area (TPSA) is 24.1 Å². The molecule has 0 spiro atoms. The van der Waals surface area contributed by atoms with Crippen molar-refractivity contribution in [3.05, 3.63) is 0 Å². The van der Waals surface area contributed by atoms with Crippen LogP contribution >= 0.6 is 0 Å². The van der Waals surface area contributed by atoms with E-state index in [0.29, 0.717) is 16.9 Å². The molecule has 0 bridgehead atoms. The molecule has 2 nitrogen and oxygen atoms in total. The van der Waals surface area contributed by atoms with Crippen LogP contribution in [0.15, 0.2) is 0 Å². The molecule has 0 saturated heterocycles. The standard InChI is InChI=1S/C13H28N2/c1-11(2,3)15-9-8-14-10-12(4,5)13(10,6)7/h10,14-15H,8-9H2,1-7H3. The predicted molar refractivity (Wildman–Crippen MR) is 67.1 cm³/mol. The van der Waals surface area contributed by atoms with Crippen LogP contribution < -0.4 is 10.6 Å². The highest BCUT2D eigenvalue weighted by atomic mass is 15.1. The largest absolute Gasteiger partial charge is 0.312 e. The molecule has 15 heavy (non-hydrogen) atoms. The second-order valence-corrected chi connectivity index (χ2v) is 7.01. The molecule has 0 atom stereocenters. The number of rotatable bonds is 4. The summed E-state index contributed by atoms with van der Waals surface area (Å²) in [6.45, 7) is 18.1. The first kappa shape index (κ1) is 13.0. The van der Waals surface area contributed by atoms with Crippen molar-refractivity contribution in [2.45, 2.75) is 60.0 Å². The van der Waals surface area contributed by atoms with E-state index >= 15 is 0 Å². The molecular weight excluding hydrogens is 184 g/mol. The Kier molecular flexibility index (Phi) is 3.24. The maximum atomic E-state index is 3.65. The zero-order valence-electron chi connectivity index (χ0n) is 11.5. The van der Waals surface area contributed by atoms with E-state index in [-0.39, 0.29) is 5.54 Å². The Bertz CT molecular complexity index is 209. The minimum Gasteiger partial charge on any atom is -0.312 e. The summed E-state index contributed by atoms with van der Waals surface area (Å²) < 4.78 is 0. The third kappa shape index (κ3) is 2.73. The van der Waals surface area contributed by atoms with Crippen LogP contribution in [0.1, 0.15) is 48.5 Å². The Hall–Kier alpha value is -0.0800. The fourth-order valence-corrected chi connectivity index (χ4v) is 2.36. The molecule has 0 aromatic heterocycles. The Morgan fingerprint density at radius 1 is 0.933 bits per heavy atom. The van der Waals surface area contributed by atoms with Crippen molar-refractivity contribution in [1.29, 1.82) is 0 Å². The van der Waals surface area contributed by atoms with Gasteiger partial charge in [-0.25, -0.2) is 0 Å². The van der Waals surface area contributed by atoms with Gasteiger partial charge in [0.05, 0.1) is 0 Å². The van der Waals surface area contributed by atoms with Gasteiger partial charge in [-0.1, -0.05) is 27.7 Å². The van der Waals surface area contributed by atoms with Gasteiger partial charge in [-0.05, 0) is 31.6 Å². The molecule has 0 heterocycles. The highest BCUT2D eigenvalue weighted by Gasteiger charge is 2.64. The molecule has 2 heteroatoms. The van der Waals surface area contributed by atoms with Crippen molar-refractivity contribution in [1.82, 2.24) is 10.6 Å². The first-order valence-electron chi connectivity index (χ1n) is 6.07. The van der Waals surface area contributed by atoms with E-state index < -0.39 is 0 Å². The maximum absolute atomic E-state index is 3.65. The van der Waals surface area contributed by atoms with Crippen LogP contribution in [-0.2, 0) is 0 Å². The Labute approximate surface area is 95.2 Å². The van der Waals surface area contributed by atoms with Crippen LogP contribution in [0.5, 0.6) is 0 Å². The molecule has 2 N–H and O–H groups in total. The smallest absolute Gasteiger partial charge is 0.0181 e. The van der Waals surface area contributed by atoms with Crippen molar-refractivity contribution >= 4 is 0 Å². The normalized spacial score (nSPS) is 24.2. The van der Waals surface area contributed by atoms with E-state index in [4.69, 9.17) is 0 Å². The molecule has 1 rings (SSSR count). The molecule has 1 saturated carbocycles. The van der Waals surface area contributed by atoms with Crippen molar-refractivity contribution in [3.8, 4) is 0 Å². The second kappa shape index (κ2) is 3.74. The van der Waals surface area contributed by atoms with Gasteiger partial charge >= 0.3 is 0 Å². The van der Waals surface area contributed by atoms with E-state index in [1.807, 2.05) is 0 Å². The third-order valence-corrected chi connectivity index (χ3v) is 4.15. The lowest BCUT2D eigenvalue weighted by Crippen LogP contribution is -2.41. The van der Waals surface area contributed by atoms with Gasteiger partial charge in [-0.2, -0.15) is 0 Å². The molecule has 0 aliphatic heterocycles. The van der Waals surface area contributed by atoms with Gasteiger partial charge in [0.1, 0.15) is 0 Å². The van der Waals surface area contributed by atoms with Gasteiger partial charge in [-0.3, -0.25) is 0 Å². The van der Waals surface area contributed by atoms with Gasteiger partial charge in [0.2, 0.25) is 0 Å². The lowest BCUT2D eigenvalue weighted by molar-refractivity contribution is 0.415. The minimum absolute atomic E-state index is 0.232. The number of hydrogen-bond donors (Lipinski definition) is 2. The molecule has 0 aromatic carbocycles. The quantitative estimate of drug-likeness (QED) is 0.699. The molecule has 1 aliphatic rings. The van der Waals surface area contributed by atoms with Gasteiger partial charge < -0.3 is 10.6 Å². The van der Waals surface area contributed by atoms with E-state index in [1.165, 1.54) is 0 Å². The van der Waals surface area contributed by atoms with Crippen LogP contribution in [0.25, 0.3) is 0 Å². The zero-order valence-corrected chi connectivity index (χ0v) is 11.5. The highest BCUT2D eigenvalue weighted by Crippen LogP contribution is 2.62. The summed E-state index contributed by atoms with van der Waals surface area (Å²) in [4.78, 5) is 0. The third-order valence-electron chi connectivity index (χ3n) is 4.15. The van der Waals surface area contributed by atoms with Crippen molar-refractivity contribution in [2.75, 3.05) is 13.1 Å². The maximum Gasteiger partial charge on any atom is 0.0181 e. The van der Waals surface area contributed by atoms with Crippen molar-refractivity contribution in [2.24, 2.45) is 10.8 Å². The summed E-state index contributed by atoms with van der Waals surface area (Å²) in [5.74, 6) is 0. The molecular formula is C13H28N2. The Balaban J connectivity index is 2.19. The van der Waals surface area contributed by atoms with Crippen LogP contribution in [0.3, 0.4) is 0 Å². The van der Waals surface area contributed by atoms with Gasteiger partial charge in [0.25, 0.3) is 0 Å². The summed E-state index contributed by atoms with van der Waals surface area (Å²) in [7, 11) is 0. The molecule has 0 radical (unpaired) electrons. The van der Waals surface area contributed by atoms with Gasteiger partial charge in [-0.15, -0.1) is 0 Å². The van der Waals surface area contributed by atoms with E-state index in [9.17, 15) is 0 Å². The van der Waals surface area contributed by atoms with Crippen molar-refractivity contribution in [3.63, 3.8) is 0 Å². The van der Waals surface area contributed by atoms with Crippen molar-refractivity contribution < 1.29 is 0 Å². The summed E-state index contributed by atoms with van der Waals surface area (Å²) in [6, 6.07) is 0.673. The summed E-state index contributed by atoms with van der Waals surface area (Å²) in [6.07, 6.45) is 0. The van der Waals surface area contributed by atoms with Crippen LogP contribution in [0, 0.1) is 10.8 Å². The lowest BCUT2D eigenvalue weighted by Gasteiger charge is -2.20. The summed E-state index contributed by atoms with van der Waals surface area (Å²) in [5, 5.41) is 7.14. The summed E-state index contributed by atoms with van der Waals surface area (Å²) >= 11 is 0. The van der Waals surface area contributed by atoms with Gasteiger partial charge in [0, 0.05) is 24.7 Å². The first-order chi connectivity index (χ1) is 6.59. The number of nitrogens with one attached hydrogen (secondary N) is 2. The highest BCUT2D eigenvalue weighted by molar-refractivity contribution is 5.17. The molecule has 0 unspecified atom stereocenters. The average molecular weight is 212 g/mol.